The molecule has 1 saturated carbocycles. The summed E-state index contributed by atoms with van der Waals surface area (Å²) in [5, 5.41) is 2.85. The Labute approximate surface area is 261 Å². The predicted octanol–water partition coefficient (Wildman–Crippen LogP) is 4.96. The summed E-state index contributed by atoms with van der Waals surface area (Å²) in [7, 11) is -5.69. The number of alkyl halides is 2. The lowest BCUT2D eigenvalue weighted by atomic mass is 9.84. The highest BCUT2D eigenvalue weighted by atomic mass is 31.2. The fourth-order valence-electron chi connectivity index (χ4n) is 6.71. The molecule has 242 valence electrons. The van der Waals surface area contributed by atoms with Crippen molar-refractivity contribution >= 4 is 31.4 Å². The van der Waals surface area contributed by atoms with Gasteiger partial charge in [0, 0.05) is 31.3 Å². The van der Waals surface area contributed by atoms with Gasteiger partial charge in [-0.15, -0.1) is 0 Å². The first kappa shape index (κ1) is 33.0. The second kappa shape index (κ2) is 13.9. The summed E-state index contributed by atoms with van der Waals surface area (Å²) < 4.78 is 39.1. The third-order valence-electron chi connectivity index (χ3n) is 9.22. The molecule has 1 aliphatic carbocycles. The van der Waals surface area contributed by atoms with Gasteiger partial charge in [-0.2, -0.15) is 8.78 Å². The largest absolute Gasteiger partial charge is 0.399 e. The first-order valence-corrected chi connectivity index (χ1v) is 17.2. The van der Waals surface area contributed by atoms with E-state index in [9.17, 15) is 27.7 Å². The topological polar surface area (TPSA) is 127 Å². The van der Waals surface area contributed by atoms with Crippen molar-refractivity contribution in [3.63, 3.8) is 0 Å². The molecule has 0 radical (unpaired) electrons. The summed E-state index contributed by atoms with van der Waals surface area (Å²) in [6.45, 7) is 1.55. The highest BCUT2D eigenvalue weighted by molar-refractivity contribution is 7.52. The molecular formula is C33H40F2N3O6P. The van der Waals surface area contributed by atoms with Crippen LogP contribution in [-0.2, 0) is 37.6 Å². The van der Waals surface area contributed by atoms with Crippen LogP contribution in [0.15, 0.2) is 54.6 Å². The van der Waals surface area contributed by atoms with E-state index in [1.165, 1.54) is 29.8 Å². The van der Waals surface area contributed by atoms with Crippen LogP contribution in [0.4, 0.5) is 8.78 Å². The average Bonchev–Trinajstić information content (AvgIpc) is 3.53. The minimum Gasteiger partial charge on any atom is -0.341 e. The van der Waals surface area contributed by atoms with Crippen LogP contribution in [0.5, 0.6) is 0 Å². The molecule has 1 saturated heterocycles. The van der Waals surface area contributed by atoms with E-state index < -0.39 is 36.8 Å². The Morgan fingerprint density at radius 1 is 0.956 bits per heavy atom. The number of rotatable bonds is 9. The molecule has 5 rings (SSSR count). The minimum absolute atomic E-state index is 0.0641. The minimum atomic E-state index is -5.69. The van der Waals surface area contributed by atoms with Crippen molar-refractivity contribution in [1.29, 1.82) is 0 Å². The SMILES string of the molecule is O=C(/C=C/c1ccc(C(F)(F)P(=O)(O)O)cc1)NC(CC1CCCCC1)C(=O)N1CCC[C@H]1C(=O)N1CCc2ccccc2C1. The zero-order valence-corrected chi connectivity index (χ0v) is 26.0. The number of hydrogen-bond acceptors (Lipinski definition) is 4. The number of nitrogens with one attached hydrogen (secondary N) is 1. The van der Waals surface area contributed by atoms with Crippen molar-refractivity contribution in [2.75, 3.05) is 13.1 Å². The smallest absolute Gasteiger partial charge is 0.341 e. The molecule has 2 aromatic rings. The van der Waals surface area contributed by atoms with Crippen LogP contribution < -0.4 is 5.32 Å². The van der Waals surface area contributed by atoms with Gasteiger partial charge in [-0.05, 0) is 54.4 Å². The molecule has 2 heterocycles. The fraction of sp³-hybridized carbons (Fsp3) is 0.485. The molecule has 3 aliphatic rings. The normalized spacial score (nSPS) is 20.2. The molecule has 2 fully saturated rings. The lowest BCUT2D eigenvalue weighted by molar-refractivity contribution is -0.146. The van der Waals surface area contributed by atoms with E-state index >= 15 is 0 Å². The lowest BCUT2D eigenvalue weighted by Crippen LogP contribution is -2.54. The Kier molecular flexibility index (Phi) is 10.2. The molecule has 12 heteroatoms. The Bertz CT molecular complexity index is 1470. The van der Waals surface area contributed by atoms with E-state index in [1.807, 2.05) is 23.1 Å². The van der Waals surface area contributed by atoms with Crippen LogP contribution in [0.2, 0.25) is 0 Å². The predicted molar refractivity (Wildman–Crippen MR) is 165 cm³/mol. The van der Waals surface area contributed by atoms with Gasteiger partial charge in [0.25, 0.3) is 0 Å². The van der Waals surface area contributed by atoms with E-state index in [0.717, 1.165) is 56.2 Å². The summed E-state index contributed by atoms with van der Waals surface area (Å²) in [6.07, 6.45) is 10.3. The maximum atomic E-state index is 14.0. The zero-order chi connectivity index (χ0) is 32.2. The Morgan fingerprint density at radius 2 is 1.64 bits per heavy atom. The van der Waals surface area contributed by atoms with Gasteiger partial charge in [-0.25, -0.2) is 0 Å². The van der Waals surface area contributed by atoms with Crippen LogP contribution in [0.3, 0.4) is 0 Å². The summed E-state index contributed by atoms with van der Waals surface area (Å²) in [5.74, 6) is -0.593. The van der Waals surface area contributed by atoms with E-state index in [4.69, 9.17) is 9.79 Å². The standard InChI is InChI=1S/C33H40F2N3O6P/c34-33(35,45(42,43)44)27-15-12-23(13-16-27)14-17-30(39)36-28(21-24-7-2-1-3-8-24)31(40)38-19-6-11-29(38)32(41)37-20-18-25-9-4-5-10-26(25)22-37/h4-5,9-10,12-17,24,28-29H,1-3,6-8,11,18-22H2,(H,36,39)(H2,42,43,44)/b17-14+/t28?,29-/m0/s1. The monoisotopic (exact) mass is 643 g/mol. The van der Waals surface area contributed by atoms with E-state index in [1.54, 1.807) is 4.90 Å². The molecule has 1 unspecified atom stereocenters. The Balaban J connectivity index is 1.27. The van der Waals surface area contributed by atoms with Crippen LogP contribution in [0, 0.1) is 5.92 Å². The van der Waals surface area contributed by atoms with Crippen LogP contribution in [0.25, 0.3) is 6.08 Å². The zero-order valence-electron chi connectivity index (χ0n) is 25.1. The van der Waals surface area contributed by atoms with E-state index in [0.29, 0.717) is 44.5 Å². The highest BCUT2D eigenvalue weighted by Gasteiger charge is 2.50. The van der Waals surface area contributed by atoms with Crippen molar-refractivity contribution in [3.05, 3.63) is 76.9 Å². The van der Waals surface area contributed by atoms with Gasteiger partial charge in [0.2, 0.25) is 17.7 Å². The molecule has 0 bridgehead atoms. The van der Waals surface area contributed by atoms with Gasteiger partial charge in [-0.3, -0.25) is 18.9 Å². The molecule has 0 aromatic heterocycles. The summed E-state index contributed by atoms with van der Waals surface area (Å²) in [5.41, 5.74) is -2.45. The molecule has 3 N–H and O–H groups in total. The molecular weight excluding hydrogens is 603 g/mol. The fourth-order valence-corrected chi connectivity index (χ4v) is 7.20. The second-order valence-electron chi connectivity index (χ2n) is 12.3. The quantitative estimate of drug-likeness (QED) is 0.262. The number of carbonyl (C=O) groups is 3. The summed E-state index contributed by atoms with van der Waals surface area (Å²) in [4.78, 5) is 62.2. The Hall–Kier alpha value is -3.40. The number of hydrogen-bond donors (Lipinski definition) is 3. The van der Waals surface area contributed by atoms with Crippen molar-refractivity contribution in [2.24, 2.45) is 5.92 Å². The summed E-state index contributed by atoms with van der Waals surface area (Å²) >= 11 is 0. The molecule has 2 aliphatic heterocycles. The third kappa shape index (κ3) is 7.71. The molecule has 2 atom stereocenters. The maximum Gasteiger partial charge on any atom is 0.399 e. The lowest BCUT2D eigenvalue weighted by Gasteiger charge is -2.35. The molecule has 45 heavy (non-hydrogen) atoms. The number of fused-ring (bicyclic) bond motifs is 1. The van der Waals surface area contributed by atoms with Gasteiger partial charge in [-0.1, -0.05) is 80.6 Å². The van der Waals surface area contributed by atoms with E-state index in [2.05, 4.69) is 11.4 Å². The van der Waals surface area contributed by atoms with Crippen LogP contribution >= 0.6 is 7.60 Å². The maximum absolute atomic E-state index is 14.0. The first-order chi connectivity index (χ1) is 21.4. The van der Waals surface area contributed by atoms with Gasteiger partial charge >= 0.3 is 13.3 Å². The molecule has 2 aromatic carbocycles. The number of halogens is 2. The van der Waals surface area contributed by atoms with E-state index in [-0.39, 0.29) is 17.7 Å². The van der Waals surface area contributed by atoms with Gasteiger partial charge in [0.15, 0.2) is 0 Å². The van der Waals surface area contributed by atoms with Crippen LogP contribution in [-0.4, -0.2) is 62.5 Å². The third-order valence-corrected chi connectivity index (χ3v) is 10.2. The average molecular weight is 644 g/mol. The van der Waals surface area contributed by atoms with Crippen LogP contribution in [0.1, 0.15) is 73.6 Å². The highest BCUT2D eigenvalue weighted by Crippen LogP contribution is 2.59. The van der Waals surface area contributed by atoms with Crippen molar-refractivity contribution in [3.8, 4) is 0 Å². The Morgan fingerprint density at radius 3 is 2.33 bits per heavy atom. The number of carbonyl (C=O) groups excluding carboxylic acids is 3. The molecule has 0 spiro atoms. The number of likely N-dealkylation sites (tertiary alicyclic amines) is 1. The molecule has 9 nitrogen and oxygen atoms in total. The summed E-state index contributed by atoms with van der Waals surface area (Å²) in [6, 6.07) is 10.9. The van der Waals surface area contributed by atoms with Gasteiger partial charge in [0.05, 0.1) is 0 Å². The number of benzene rings is 2. The number of nitrogens with zero attached hydrogens (tertiary/aromatic N) is 2. The molecule has 3 amide bonds. The van der Waals surface area contributed by atoms with Crippen molar-refractivity contribution in [2.45, 2.75) is 82.1 Å². The number of amides is 3. The first-order valence-electron chi connectivity index (χ1n) is 15.6. The van der Waals surface area contributed by atoms with Crippen molar-refractivity contribution < 1.29 is 37.5 Å². The van der Waals surface area contributed by atoms with Gasteiger partial charge in [0.1, 0.15) is 12.1 Å². The second-order valence-corrected chi connectivity index (χ2v) is 14.0. The van der Waals surface area contributed by atoms with Crippen molar-refractivity contribution in [1.82, 2.24) is 15.1 Å². The van der Waals surface area contributed by atoms with Gasteiger partial charge < -0.3 is 24.9 Å².